The first-order valence-electron chi connectivity index (χ1n) is 11.1. The van der Waals surface area contributed by atoms with Gasteiger partial charge in [-0.1, -0.05) is 45.0 Å². The van der Waals surface area contributed by atoms with Crippen molar-refractivity contribution < 1.29 is 19.5 Å². The van der Waals surface area contributed by atoms with Crippen molar-refractivity contribution in [2.24, 2.45) is 5.41 Å². The van der Waals surface area contributed by atoms with Crippen LogP contribution in [0.3, 0.4) is 0 Å². The Morgan fingerprint density at radius 1 is 1.10 bits per heavy atom. The van der Waals surface area contributed by atoms with Gasteiger partial charge in [-0.3, -0.25) is 14.4 Å². The number of amides is 3. The summed E-state index contributed by atoms with van der Waals surface area (Å²) in [4.78, 5) is 39.4. The molecular weight excluding hydrogens is 394 g/mol. The lowest BCUT2D eigenvalue weighted by Crippen LogP contribution is -2.57. The summed E-state index contributed by atoms with van der Waals surface area (Å²) in [5, 5.41) is 15.9. The third-order valence-corrected chi connectivity index (χ3v) is 6.17. The van der Waals surface area contributed by atoms with Crippen LogP contribution in [0, 0.1) is 5.41 Å². The highest BCUT2D eigenvalue weighted by Crippen LogP contribution is 2.40. The molecule has 2 fully saturated rings. The van der Waals surface area contributed by atoms with Crippen LogP contribution < -0.4 is 10.6 Å². The van der Waals surface area contributed by atoms with Gasteiger partial charge in [0.25, 0.3) is 0 Å². The molecular formula is C24H35N3O4. The molecule has 0 bridgehead atoms. The number of β-amino-alcohol motifs (C(OH)–C–C–N with tert-alkyl or cyclic N) is 1. The van der Waals surface area contributed by atoms with Crippen LogP contribution in [-0.2, 0) is 14.4 Å². The Kier molecular flexibility index (Phi) is 6.74. The highest BCUT2D eigenvalue weighted by molar-refractivity contribution is 5.93. The van der Waals surface area contributed by atoms with Crippen molar-refractivity contribution in [3.8, 4) is 0 Å². The topological polar surface area (TPSA) is 98.7 Å². The maximum atomic E-state index is 13.3. The van der Waals surface area contributed by atoms with Gasteiger partial charge in [-0.25, -0.2) is 0 Å². The second-order valence-electron chi connectivity index (χ2n) is 10.1. The molecule has 7 heteroatoms. The molecule has 1 saturated carbocycles. The number of aliphatic hydroxyl groups is 1. The highest BCUT2D eigenvalue weighted by atomic mass is 16.3. The van der Waals surface area contributed by atoms with Gasteiger partial charge in [0.15, 0.2) is 0 Å². The molecule has 3 rings (SSSR count). The van der Waals surface area contributed by atoms with E-state index < -0.39 is 23.6 Å². The van der Waals surface area contributed by atoms with Gasteiger partial charge < -0.3 is 20.6 Å². The highest BCUT2D eigenvalue weighted by Gasteiger charge is 2.44. The first kappa shape index (κ1) is 23.3. The van der Waals surface area contributed by atoms with E-state index in [1.54, 1.807) is 0 Å². The molecule has 1 aliphatic heterocycles. The van der Waals surface area contributed by atoms with Gasteiger partial charge in [-0.2, -0.15) is 0 Å². The molecule has 2 aliphatic rings. The number of carbonyl (C=O) groups is 3. The zero-order chi connectivity index (χ0) is 22.9. The molecule has 3 amide bonds. The lowest BCUT2D eigenvalue weighted by molar-refractivity contribution is -0.144. The van der Waals surface area contributed by atoms with E-state index in [-0.39, 0.29) is 36.7 Å². The number of aliphatic hydroxyl groups excluding tert-OH is 1. The fraction of sp³-hybridized carbons (Fsp3) is 0.625. The number of nitrogens with zero attached hydrogens (tertiary/aromatic N) is 1. The second-order valence-corrected chi connectivity index (χ2v) is 10.1. The molecule has 1 aromatic rings. The van der Waals surface area contributed by atoms with Gasteiger partial charge in [0, 0.05) is 19.9 Å². The fourth-order valence-corrected chi connectivity index (χ4v) is 4.19. The van der Waals surface area contributed by atoms with Crippen LogP contribution in [0.4, 0.5) is 0 Å². The SMILES string of the molecule is CC(=O)NC(C(=O)N1CC(O)CC1C(=O)NC(C)c1ccc(C2CC2)cc1)C(C)(C)C. The molecule has 31 heavy (non-hydrogen) atoms. The van der Waals surface area contributed by atoms with E-state index >= 15 is 0 Å². The van der Waals surface area contributed by atoms with Crippen LogP contribution in [0.15, 0.2) is 24.3 Å². The van der Waals surface area contributed by atoms with Crippen molar-refractivity contribution in [2.45, 2.75) is 84.0 Å². The number of carbonyl (C=O) groups excluding carboxylic acids is 3. The fourth-order valence-electron chi connectivity index (χ4n) is 4.19. The largest absolute Gasteiger partial charge is 0.391 e. The number of hydrogen-bond acceptors (Lipinski definition) is 4. The number of rotatable bonds is 6. The summed E-state index contributed by atoms with van der Waals surface area (Å²) in [6.45, 7) is 8.94. The predicted octanol–water partition coefficient (Wildman–Crippen LogP) is 2.25. The predicted molar refractivity (Wildman–Crippen MR) is 118 cm³/mol. The second kappa shape index (κ2) is 8.99. The van der Waals surface area contributed by atoms with Crippen molar-refractivity contribution in [1.29, 1.82) is 0 Å². The van der Waals surface area contributed by atoms with Gasteiger partial charge in [0.05, 0.1) is 12.1 Å². The van der Waals surface area contributed by atoms with E-state index in [0.717, 1.165) is 5.56 Å². The van der Waals surface area contributed by atoms with Gasteiger partial charge in [0.2, 0.25) is 17.7 Å². The van der Waals surface area contributed by atoms with Crippen LogP contribution in [0.2, 0.25) is 0 Å². The van der Waals surface area contributed by atoms with E-state index in [0.29, 0.717) is 5.92 Å². The van der Waals surface area contributed by atoms with Crippen molar-refractivity contribution in [3.05, 3.63) is 35.4 Å². The summed E-state index contributed by atoms with van der Waals surface area (Å²) in [7, 11) is 0. The van der Waals surface area contributed by atoms with E-state index in [9.17, 15) is 19.5 Å². The van der Waals surface area contributed by atoms with Gasteiger partial charge in [-0.15, -0.1) is 0 Å². The van der Waals surface area contributed by atoms with E-state index in [1.165, 1.54) is 30.2 Å². The first-order chi connectivity index (χ1) is 14.5. The Labute approximate surface area is 184 Å². The third-order valence-electron chi connectivity index (χ3n) is 6.17. The van der Waals surface area contributed by atoms with Gasteiger partial charge in [0.1, 0.15) is 12.1 Å². The lowest BCUT2D eigenvalue weighted by atomic mass is 9.85. The van der Waals surface area contributed by atoms with E-state index in [4.69, 9.17) is 0 Å². The average molecular weight is 430 g/mol. The molecule has 1 heterocycles. The van der Waals surface area contributed by atoms with Gasteiger partial charge in [-0.05, 0) is 42.2 Å². The van der Waals surface area contributed by atoms with Crippen LogP contribution in [0.25, 0.3) is 0 Å². The minimum atomic E-state index is -0.780. The zero-order valence-electron chi connectivity index (χ0n) is 19.1. The monoisotopic (exact) mass is 429 g/mol. The molecule has 7 nitrogen and oxygen atoms in total. The van der Waals surface area contributed by atoms with Crippen molar-refractivity contribution in [2.75, 3.05) is 6.54 Å². The minimum absolute atomic E-state index is 0.0769. The Hall–Kier alpha value is -2.41. The Morgan fingerprint density at radius 2 is 1.71 bits per heavy atom. The van der Waals surface area contributed by atoms with Crippen LogP contribution in [0.5, 0.6) is 0 Å². The summed E-state index contributed by atoms with van der Waals surface area (Å²) in [5.41, 5.74) is 1.80. The molecule has 4 atom stereocenters. The number of hydrogen-bond donors (Lipinski definition) is 3. The number of nitrogens with one attached hydrogen (secondary N) is 2. The molecule has 0 radical (unpaired) electrons. The van der Waals surface area contributed by atoms with Crippen LogP contribution in [-0.4, -0.2) is 52.5 Å². The van der Waals surface area contributed by atoms with E-state index in [2.05, 4.69) is 22.8 Å². The smallest absolute Gasteiger partial charge is 0.246 e. The van der Waals surface area contributed by atoms with Crippen molar-refractivity contribution in [3.63, 3.8) is 0 Å². The summed E-state index contributed by atoms with van der Waals surface area (Å²) < 4.78 is 0. The summed E-state index contributed by atoms with van der Waals surface area (Å²) >= 11 is 0. The lowest BCUT2D eigenvalue weighted by Gasteiger charge is -2.35. The van der Waals surface area contributed by atoms with Crippen LogP contribution >= 0.6 is 0 Å². The normalized spacial score (nSPS) is 23.2. The van der Waals surface area contributed by atoms with Crippen LogP contribution in [0.1, 0.15) is 77.0 Å². The zero-order valence-corrected chi connectivity index (χ0v) is 19.1. The van der Waals surface area contributed by atoms with E-state index in [1.807, 2.05) is 39.8 Å². The van der Waals surface area contributed by atoms with Gasteiger partial charge >= 0.3 is 0 Å². The number of likely N-dealkylation sites (tertiary alicyclic amines) is 1. The molecule has 4 unspecified atom stereocenters. The first-order valence-corrected chi connectivity index (χ1v) is 11.1. The van der Waals surface area contributed by atoms with Crippen molar-refractivity contribution in [1.82, 2.24) is 15.5 Å². The quantitative estimate of drug-likeness (QED) is 0.646. The minimum Gasteiger partial charge on any atom is -0.391 e. The standard InChI is InChI=1S/C24H35N3O4/c1-14(16-6-8-17(9-7-16)18-10-11-18)25-22(30)20-12-19(29)13-27(20)23(31)21(24(3,4)5)26-15(2)28/h6-9,14,18-21,29H,10-13H2,1-5H3,(H,25,30)(H,26,28). The molecule has 1 aliphatic carbocycles. The summed E-state index contributed by atoms with van der Waals surface area (Å²) in [6, 6.07) is 6.55. The van der Waals surface area contributed by atoms with Crippen molar-refractivity contribution >= 4 is 17.7 Å². The maximum absolute atomic E-state index is 13.3. The Morgan fingerprint density at radius 3 is 2.23 bits per heavy atom. The molecule has 0 aromatic heterocycles. The average Bonchev–Trinajstić information content (AvgIpc) is 3.46. The molecule has 0 spiro atoms. The molecule has 3 N–H and O–H groups in total. The maximum Gasteiger partial charge on any atom is 0.246 e. The Bertz CT molecular complexity index is 826. The summed E-state index contributed by atoms with van der Waals surface area (Å²) in [6.07, 6.45) is 1.90. The summed E-state index contributed by atoms with van der Waals surface area (Å²) in [5.74, 6) is -0.268. The molecule has 170 valence electrons. The third kappa shape index (κ3) is 5.64. The Balaban J connectivity index is 1.70. The number of benzene rings is 1. The molecule has 1 saturated heterocycles. The molecule has 1 aromatic carbocycles.